The highest BCUT2D eigenvalue weighted by molar-refractivity contribution is 5.76. The van der Waals surface area contributed by atoms with Gasteiger partial charge in [-0.1, -0.05) is 12.1 Å². The Hall–Kier alpha value is -1.51. The van der Waals surface area contributed by atoms with E-state index in [0.717, 1.165) is 12.2 Å². The summed E-state index contributed by atoms with van der Waals surface area (Å²) in [6.07, 6.45) is 1.26. The number of benzene rings is 1. The Kier molecular flexibility index (Phi) is 5.69. The maximum atomic E-state index is 11.4. The first kappa shape index (κ1) is 14.6. The van der Waals surface area contributed by atoms with Crippen molar-refractivity contribution < 1.29 is 9.53 Å². The Labute approximate surface area is 110 Å². The Morgan fingerprint density at radius 1 is 1.33 bits per heavy atom. The fourth-order valence-electron chi connectivity index (χ4n) is 1.69. The molecule has 0 spiro atoms. The number of rotatable bonds is 6. The Morgan fingerprint density at radius 3 is 2.72 bits per heavy atom. The number of hydrogen-bond donors (Lipinski definition) is 1. The van der Waals surface area contributed by atoms with Gasteiger partial charge in [-0.3, -0.25) is 4.79 Å². The van der Waals surface area contributed by atoms with E-state index in [9.17, 15) is 4.79 Å². The largest absolute Gasteiger partial charge is 0.493 e. The highest BCUT2D eigenvalue weighted by Gasteiger charge is 2.04. The van der Waals surface area contributed by atoms with Gasteiger partial charge in [0.05, 0.1) is 6.61 Å². The zero-order valence-corrected chi connectivity index (χ0v) is 11.7. The lowest BCUT2D eigenvalue weighted by Gasteiger charge is -2.11. The maximum Gasteiger partial charge on any atom is 0.220 e. The number of hydrogen-bond acceptors (Lipinski definition) is 2. The molecular weight excluding hydrogens is 226 g/mol. The molecular formula is C15H23NO2. The molecule has 1 aromatic rings. The minimum atomic E-state index is 0.0922. The van der Waals surface area contributed by atoms with Crippen molar-refractivity contribution in [3.05, 3.63) is 29.3 Å². The van der Waals surface area contributed by atoms with Gasteiger partial charge in [-0.25, -0.2) is 0 Å². The molecule has 18 heavy (non-hydrogen) atoms. The average Bonchev–Trinajstić information content (AvgIpc) is 2.29. The van der Waals surface area contributed by atoms with Crippen molar-refractivity contribution in [2.75, 3.05) is 6.61 Å². The van der Waals surface area contributed by atoms with Crippen LogP contribution >= 0.6 is 0 Å². The molecule has 1 aromatic carbocycles. The van der Waals surface area contributed by atoms with Crippen molar-refractivity contribution in [2.45, 2.75) is 46.6 Å². The second-order valence-electron chi connectivity index (χ2n) is 4.87. The topological polar surface area (TPSA) is 38.3 Å². The molecule has 3 nitrogen and oxygen atoms in total. The Morgan fingerprint density at radius 2 is 2.06 bits per heavy atom. The van der Waals surface area contributed by atoms with Crippen LogP contribution < -0.4 is 10.1 Å². The van der Waals surface area contributed by atoms with Crippen LogP contribution in [0.3, 0.4) is 0 Å². The smallest absolute Gasteiger partial charge is 0.220 e. The van der Waals surface area contributed by atoms with Gasteiger partial charge >= 0.3 is 0 Å². The van der Waals surface area contributed by atoms with Crippen LogP contribution in [0.25, 0.3) is 0 Å². The van der Waals surface area contributed by atoms with Crippen molar-refractivity contribution in [3.8, 4) is 5.75 Å². The second kappa shape index (κ2) is 7.04. The summed E-state index contributed by atoms with van der Waals surface area (Å²) in [4.78, 5) is 11.4. The normalized spacial score (nSPS) is 10.5. The predicted octanol–water partition coefficient (Wildman–Crippen LogP) is 2.99. The quantitative estimate of drug-likeness (QED) is 0.787. The van der Waals surface area contributed by atoms with E-state index >= 15 is 0 Å². The minimum absolute atomic E-state index is 0.0922. The van der Waals surface area contributed by atoms with E-state index in [2.05, 4.69) is 25.2 Å². The van der Waals surface area contributed by atoms with Crippen LogP contribution in [-0.4, -0.2) is 18.6 Å². The standard InChI is InChI=1S/C15H23NO2/c1-11(2)16-15(17)9-6-10-18-14-8-5-7-12(3)13(14)4/h5,7-8,11H,6,9-10H2,1-4H3,(H,16,17). The van der Waals surface area contributed by atoms with Crippen molar-refractivity contribution >= 4 is 5.91 Å². The van der Waals surface area contributed by atoms with E-state index in [4.69, 9.17) is 4.74 Å². The van der Waals surface area contributed by atoms with E-state index in [1.165, 1.54) is 11.1 Å². The molecule has 0 fully saturated rings. The molecule has 0 unspecified atom stereocenters. The van der Waals surface area contributed by atoms with Gasteiger partial charge in [0.2, 0.25) is 5.91 Å². The van der Waals surface area contributed by atoms with E-state index in [0.29, 0.717) is 13.0 Å². The third-order valence-electron chi connectivity index (χ3n) is 2.81. The van der Waals surface area contributed by atoms with Crippen LogP contribution in [0.1, 0.15) is 37.8 Å². The number of carbonyl (C=O) groups excluding carboxylic acids is 1. The van der Waals surface area contributed by atoms with Gasteiger partial charge in [-0.05, 0) is 51.3 Å². The van der Waals surface area contributed by atoms with Crippen LogP contribution in [-0.2, 0) is 4.79 Å². The van der Waals surface area contributed by atoms with Gasteiger partial charge in [0.25, 0.3) is 0 Å². The van der Waals surface area contributed by atoms with Gasteiger partial charge in [-0.15, -0.1) is 0 Å². The monoisotopic (exact) mass is 249 g/mol. The Bertz CT molecular complexity index is 399. The fourth-order valence-corrected chi connectivity index (χ4v) is 1.69. The van der Waals surface area contributed by atoms with Crippen molar-refractivity contribution in [1.29, 1.82) is 0 Å². The summed E-state index contributed by atoms with van der Waals surface area (Å²) < 4.78 is 5.69. The molecule has 0 aliphatic heterocycles. The van der Waals surface area contributed by atoms with Crippen LogP contribution in [0.2, 0.25) is 0 Å². The SMILES string of the molecule is Cc1cccc(OCCCC(=O)NC(C)C)c1C. The highest BCUT2D eigenvalue weighted by atomic mass is 16.5. The van der Waals surface area contributed by atoms with Crippen molar-refractivity contribution in [1.82, 2.24) is 5.32 Å². The molecule has 3 heteroatoms. The molecule has 100 valence electrons. The third-order valence-corrected chi connectivity index (χ3v) is 2.81. The summed E-state index contributed by atoms with van der Waals surface area (Å²) >= 11 is 0. The fraction of sp³-hybridized carbons (Fsp3) is 0.533. The number of nitrogens with one attached hydrogen (secondary N) is 1. The van der Waals surface area contributed by atoms with Crippen LogP contribution in [0.15, 0.2) is 18.2 Å². The second-order valence-corrected chi connectivity index (χ2v) is 4.87. The van der Waals surface area contributed by atoms with Crippen molar-refractivity contribution in [2.24, 2.45) is 0 Å². The highest BCUT2D eigenvalue weighted by Crippen LogP contribution is 2.20. The van der Waals surface area contributed by atoms with Gasteiger partial charge < -0.3 is 10.1 Å². The van der Waals surface area contributed by atoms with Gasteiger partial charge in [0.15, 0.2) is 0 Å². The van der Waals surface area contributed by atoms with E-state index < -0.39 is 0 Å². The molecule has 0 aliphatic rings. The molecule has 1 rings (SSSR count). The molecule has 0 saturated heterocycles. The minimum Gasteiger partial charge on any atom is -0.493 e. The summed E-state index contributed by atoms with van der Waals surface area (Å²) in [5.74, 6) is 1.01. The number of aryl methyl sites for hydroxylation is 1. The van der Waals surface area contributed by atoms with Crippen molar-refractivity contribution in [3.63, 3.8) is 0 Å². The molecule has 0 atom stereocenters. The van der Waals surface area contributed by atoms with E-state index in [1.54, 1.807) is 0 Å². The van der Waals surface area contributed by atoms with Gasteiger partial charge in [0, 0.05) is 12.5 Å². The lowest BCUT2D eigenvalue weighted by atomic mass is 10.1. The lowest BCUT2D eigenvalue weighted by Crippen LogP contribution is -2.30. The molecule has 0 saturated carbocycles. The third kappa shape index (κ3) is 4.78. The zero-order chi connectivity index (χ0) is 13.5. The molecule has 1 N–H and O–H groups in total. The first-order chi connectivity index (χ1) is 8.50. The summed E-state index contributed by atoms with van der Waals surface area (Å²) in [5, 5.41) is 2.87. The maximum absolute atomic E-state index is 11.4. The molecule has 0 aromatic heterocycles. The van der Waals surface area contributed by atoms with E-state index in [-0.39, 0.29) is 11.9 Å². The van der Waals surface area contributed by atoms with Crippen LogP contribution in [0.4, 0.5) is 0 Å². The molecule has 0 bridgehead atoms. The predicted molar refractivity (Wildman–Crippen MR) is 73.9 cm³/mol. The summed E-state index contributed by atoms with van der Waals surface area (Å²) in [6, 6.07) is 6.23. The molecule has 0 aliphatic carbocycles. The number of amides is 1. The van der Waals surface area contributed by atoms with Gasteiger partial charge in [0.1, 0.15) is 5.75 Å². The molecule has 0 radical (unpaired) electrons. The first-order valence-corrected chi connectivity index (χ1v) is 6.49. The van der Waals surface area contributed by atoms with Crippen LogP contribution in [0, 0.1) is 13.8 Å². The molecule has 1 amide bonds. The average molecular weight is 249 g/mol. The summed E-state index contributed by atoms with van der Waals surface area (Å²) in [6.45, 7) is 8.62. The summed E-state index contributed by atoms with van der Waals surface area (Å²) in [7, 11) is 0. The summed E-state index contributed by atoms with van der Waals surface area (Å²) in [5.41, 5.74) is 2.40. The lowest BCUT2D eigenvalue weighted by molar-refractivity contribution is -0.121. The van der Waals surface area contributed by atoms with Crippen LogP contribution in [0.5, 0.6) is 5.75 Å². The molecule has 0 heterocycles. The number of carbonyl (C=O) groups is 1. The zero-order valence-electron chi connectivity index (χ0n) is 11.7. The van der Waals surface area contributed by atoms with Gasteiger partial charge in [-0.2, -0.15) is 0 Å². The first-order valence-electron chi connectivity index (χ1n) is 6.49. The number of ether oxygens (including phenoxy) is 1. The Balaban J connectivity index is 2.30. The van der Waals surface area contributed by atoms with E-state index in [1.807, 2.05) is 26.0 Å².